The first kappa shape index (κ1) is 37.6. The summed E-state index contributed by atoms with van der Waals surface area (Å²) in [5.41, 5.74) is 17.8. The minimum Gasteiger partial charge on any atom is -0.875 e. The molecule has 0 saturated carbocycles. The van der Waals surface area contributed by atoms with E-state index >= 15 is 0 Å². The van der Waals surface area contributed by atoms with Crippen molar-refractivity contribution in [2.24, 2.45) is 22.4 Å². The van der Waals surface area contributed by atoms with Crippen molar-refractivity contribution >= 4 is 12.0 Å². The molecule has 1 aliphatic heterocycles. The number of aryl methyl sites for hydroxylation is 2. The van der Waals surface area contributed by atoms with Gasteiger partial charge in [0.2, 0.25) is 0 Å². The third kappa shape index (κ3) is 10.2. The normalized spacial score (nSPS) is 18.4. The van der Waals surface area contributed by atoms with Gasteiger partial charge in [-0.1, -0.05) is 55.3 Å². The number of benzene rings is 3. The Morgan fingerprint density at radius 1 is 1.00 bits per heavy atom. The molecule has 51 heavy (non-hydrogen) atoms. The molecule has 3 aromatic carbocycles. The first-order valence-electron chi connectivity index (χ1n) is 18.0. The number of hydrogen-bond donors (Lipinski definition) is 5. The second-order valence-electron chi connectivity index (χ2n) is 13.7. The highest BCUT2D eigenvalue weighted by atomic mass is 16.5. The van der Waals surface area contributed by atoms with Crippen LogP contribution in [-0.4, -0.2) is 40.0 Å². The van der Waals surface area contributed by atoms with E-state index in [-0.39, 0.29) is 41.7 Å². The molecular weight excluding hydrogens is 642 g/mol. The lowest BCUT2D eigenvalue weighted by Gasteiger charge is -2.39. The molecule has 7 N–H and O–H groups in total. The summed E-state index contributed by atoms with van der Waals surface area (Å²) in [6, 6.07) is 16.5. The summed E-state index contributed by atoms with van der Waals surface area (Å²) in [7, 11) is 0. The summed E-state index contributed by atoms with van der Waals surface area (Å²) in [5, 5.41) is 44.8. The molecule has 0 bridgehead atoms. The Morgan fingerprint density at radius 2 is 1.78 bits per heavy atom. The van der Waals surface area contributed by atoms with E-state index in [0.717, 1.165) is 59.9 Å². The van der Waals surface area contributed by atoms with E-state index in [2.05, 4.69) is 4.99 Å². The zero-order valence-electron chi connectivity index (χ0n) is 29.3. The van der Waals surface area contributed by atoms with Crippen molar-refractivity contribution < 1.29 is 30.0 Å². The number of ketones is 1. The first-order chi connectivity index (χ1) is 24.6. The number of nitrogens with zero attached hydrogens (tertiary/aromatic N) is 1. The van der Waals surface area contributed by atoms with Gasteiger partial charge in [-0.15, -0.1) is 5.76 Å². The number of aromatic hydroxyl groups is 2. The summed E-state index contributed by atoms with van der Waals surface area (Å²) >= 11 is 0. The summed E-state index contributed by atoms with van der Waals surface area (Å²) in [6.07, 6.45) is 14.9. The quantitative estimate of drug-likeness (QED) is 0.0501. The van der Waals surface area contributed by atoms with Crippen LogP contribution in [0.2, 0.25) is 0 Å². The number of aliphatic hydroxyl groups excluding tert-OH is 1. The van der Waals surface area contributed by atoms with E-state index in [1.165, 1.54) is 0 Å². The molecule has 0 radical (unpaired) electrons. The van der Waals surface area contributed by atoms with Gasteiger partial charge in [-0.3, -0.25) is 9.79 Å². The number of aliphatic hydroxyl groups is 1. The average Bonchev–Trinajstić information content (AvgIpc) is 3.66. The topological polar surface area (TPSA) is 174 Å². The fourth-order valence-electron chi connectivity index (χ4n) is 6.93. The number of unbranched alkanes of at least 4 members (excludes halogenated alkanes) is 3. The molecule has 1 aliphatic carbocycles. The summed E-state index contributed by atoms with van der Waals surface area (Å²) in [6.45, 7) is 2.06. The molecule has 3 unspecified atom stereocenters. The van der Waals surface area contributed by atoms with Crippen LogP contribution in [0.4, 0.5) is 0 Å². The second-order valence-corrected chi connectivity index (χ2v) is 13.7. The Bertz CT molecular complexity index is 1780. The Balaban J connectivity index is 1.24. The van der Waals surface area contributed by atoms with Crippen molar-refractivity contribution in [1.29, 1.82) is 0 Å². The Hall–Kier alpha value is -4.70. The Morgan fingerprint density at radius 3 is 2.53 bits per heavy atom. The highest BCUT2D eigenvalue weighted by molar-refractivity contribution is 5.89. The van der Waals surface area contributed by atoms with Crippen LogP contribution in [-0.2, 0) is 24.1 Å². The van der Waals surface area contributed by atoms with Crippen LogP contribution in [0.5, 0.6) is 17.2 Å². The molecule has 3 aromatic rings. The zero-order valence-corrected chi connectivity index (χ0v) is 29.3. The molecule has 9 heteroatoms. The molecule has 0 fully saturated rings. The van der Waals surface area contributed by atoms with Crippen molar-refractivity contribution in [3.63, 3.8) is 0 Å². The molecule has 0 aromatic heterocycles. The number of rotatable bonds is 17. The monoisotopic (exact) mass is 692 g/mol. The van der Waals surface area contributed by atoms with E-state index in [0.29, 0.717) is 49.0 Å². The maximum Gasteiger partial charge on any atom is 0.161 e. The Labute approximate surface area is 300 Å². The molecule has 0 amide bonds. The highest BCUT2D eigenvalue weighted by Crippen LogP contribution is 2.47. The minimum atomic E-state index is -0.613. The second kappa shape index (κ2) is 18.0. The van der Waals surface area contributed by atoms with Crippen LogP contribution in [0.15, 0.2) is 95.3 Å². The summed E-state index contributed by atoms with van der Waals surface area (Å²) in [4.78, 5) is 16.5. The number of carbonyl (C=O) groups is 1. The third-order valence-corrected chi connectivity index (χ3v) is 9.75. The molecule has 5 rings (SSSR count). The van der Waals surface area contributed by atoms with Crippen LogP contribution >= 0.6 is 0 Å². The molecule has 0 spiro atoms. The van der Waals surface area contributed by atoms with Gasteiger partial charge in [0.05, 0.1) is 18.9 Å². The van der Waals surface area contributed by atoms with Gasteiger partial charge in [0.25, 0.3) is 0 Å². The maximum atomic E-state index is 13.8. The molecule has 1 heterocycles. The van der Waals surface area contributed by atoms with Crippen LogP contribution < -0.4 is 21.3 Å². The van der Waals surface area contributed by atoms with Crippen molar-refractivity contribution in [3.8, 4) is 17.2 Å². The van der Waals surface area contributed by atoms with Gasteiger partial charge in [0.15, 0.2) is 17.3 Å². The highest BCUT2D eigenvalue weighted by Gasteiger charge is 2.33. The van der Waals surface area contributed by atoms with Crippen LogP contribution in [0.1, 0.15) is 97.3 Å². The summed E-state index contributed by atoms with van der Waals surface area (Å²) in [5.74, 6) is -0.274. The van der Waals surface area contributed by atoms with Gasteiger partial charge >= 0.3 is 0 Å². The fourth-order valence-corrected chi connectivity index (χ4v) is 6.93. The number of fused-ring (bicyclic) bond motifs is 1. The molecule has 270 valence electrons. The molecular formula is C42H50N3O6-. The SMILES string of the molecule is CC(O)CCCCCC=CC(=O)CCc1ccc(O)c(OCCc2ccc(O)c(C3c4ccc(C(N)N)cc4CCC3C([O-])=C3C=CN=C3)c2)c1. The number of ether oxygens (including phenoxy) is 1. The van der Waals surface area contributed by atoms with Gasteiger partial charge in [-0.05, 0) is 115 Å². The van der Waals surface area contributed by atoms with Gasteiger partial charge in [-0.25, -0.2) is 0 Å². The van der Waals surface area contributed by atoms with Crippen LogP contribution in [0, 0.1) is 5.92 Å². The number of phenolic OH excluding ortho intramolecular Hbond substituents is 2. The maximum absolute atomic E-state index is 13.8. The lowest BCUT2D eigenvalue weighted by molar-refractivity contribution is -0.317. The lowest BCUT2D eigenvalue weighted by atomic mass is 9.69. The predicted molar refractivity (Wildman–Crippen MR) is 199 cm³/mol. The number of nitrogens with two attached hydrogens (primary N) is 2. The minimum absolute atomic E-state index is 0.0102. The zero-order chi connectivity index (χ0) is 36.3. The number of phenols is 2. The molecule has 3 atom stereocenters. The van der Waals surface area contributed by atoms with Crippen molar-refractivity contribution in [2.75, 3.05) is 6.61 Å². The van der Waals surface area contributed by atoms with Gasteiger partial charge < -0.3 is 36.6 Å². The van der Waals surface area contributed by atoms with Gasteiger partial charge in [0, 0.05) is 36.7 Å². The number of hydrogen-bond acceptors (Lipinski definition) is 9. The van der Waals surface area contributed by atoms with Gasteiger partial charge in [-0.2, -0.15) is 0 Å². The van der Waals surface area contributed by atoms with E-state index in [1.54, 1.807) is 55.8 Å². The first-order valence-corrected chi connectivity index (χ1v) is 18.0. The van der Waals surface area contributed by atoms with Gasteiger partial charge in [0.1, 0.15) is 5.75 Å². The van der Waals surface area contributed by atoms with Crippen molar-refractivity contribution in [2.45, 2.75) is 89.3 Å². The predicted octanol–water partition coefficient (Wildman–Crippen LogP) is 5.93. The van der Waals surface area contributed by atoms with Crippen molar-refractivity contribution in [1.82, 2.24) is 0 Å². The fraction of sp³-hybridized carbons (Fsp3) is 0.381. The van der Waals surface area contributed by atoms with Crippen molar-refractivity contribution in [3.05, 3.63) is 124 Å². The molecule has 0 saturated heterocycles. The molecule has 9 nitrogen and oxygen atoms in total. The smallest absolute Gasteiger partial charge is 0.161 e. The third-order valence-electron chi connectivity index (χ3n) is 9.75. The molecule has 2 aliphatic rings. The number of allylic oxidation sites excluding steroid dienone is 5. The van der Waals surface area contributed by atoms with E-state index in [9.17, 15) is 25.2 Å². The standard InChI is InChI=1S/C42H51N3O6/c1-27(46)7-5-3-2-4-6-8-33(47)14-9-28-11-18-38(49)39(24-28)51-22-20-29-10-17-37(48)36(23-29)40-34-15-13-31(42(43)44)25-30(34)12-16-35(40)41(50)32-19-21-45-26-32/h6,8,10-11,13,15,17-19,21,23-27,35,40,42,46,48-50H,2-5,7,9,12,14,16,20,22,43-44H2,1H3/p-1. The average molecular weight is 693 g/mol. The summed E-state index contributed by atoms with van der Waals surface area (Å²) < 4.78 is 6.02. The number of carbonyl (C=O) groups excluding carboxylic acids is 1. The van der Waals surface area contributed by atoms with Crippen LogP contribution in [0.25, 0.3) is 0 Å². The lowest BCUT2D eigenvalue weighted by Crippen LogP contribution is -2.30. The Kier molecular flexibility index (Phi) is 13.2. The number of aliphatic imine (C=N–C) groups is 1. The van der Waals surface area contributed by atoms with E-state index < -0.39 is 12.1 Å². The van der Waals surface area contributed by atoms with E-state index in [1.807, 2.05) is 36.4 Å². The van der Waals surface area contributed by atoms with Crippen LogP contribution in [0.3, 0.4) is 0 Å². The van der Waals surface area contributed by atoms with E-state index in [4.69, 9.17) is 16.2 Å². The largest absolute Gasteiger partial charge is 0.875 e.